The fourth-order valence-electron chi connectivity index (χ4n) is 2.84. The first-order chi connectivity index (χ1) is 12.3. The maximum atomic E-state index is 13.6. The van der Waals surface area contributed by atoms with E-state index in [2.05, 4.69) is 0 Å². The predicted molar refractivity (Wildman–Crippen MR) is 95.5 cm³/mol. The molecule has 138 valence electrons. The van der Waals surface area contributed by atoms with E-state index < -0.39 is 26.5 Å². The van der Waals surface area contributed by atoms with Crippen LogP contribution in [0.5, 0.6) is 0 Å². The Labute approximate surface area is 154 Å². The molecule has 1 aliphatic rings. The fraction of sp³-hybridized carbons (Fsp3) is 0.250. The van der Waals surface area contributed by atoms with E-state index in [1.807, 2.05) is 0 Å². The monoisotopic (exact) mass is 399 g/mol. The van der Waals surface area contributed by atoms with Crippen molar-refractivity contribution in [1.82, 2.24) is 4.31 Å². The molecular formula is C16H15ClFN3O4S. The summed E-state index contributed by atoms with van der Waals surface area (Å²) in [6.45, 7) is 0.774. The topological polar surface area (TPSA) is 83.8 Å². The lowest BCUT2D eigenvalue weighted by molar-refractivity contribution is -0.384. The van der Waals surface area contributed by atoms with Crippen molar-refractivity contribution < 1.29 is 17.7 Å². The smallest absolute Gasteiger partial charge is 0.295 e. The molecule has 0 atom stereocenters. The zero-order valence-corrected chi connectivity index (χ0v) is 15.1. The number of piperazine rings is 1. The van der Waals surface area contributed by atoms with Gasteiger partial charge in [-0.1, -0.05) is 29.8 Å². The van der Waals surface area contributed by atoms with E-state index in [-0.39, 0.29) is 41.8 Å². The van der Waals surface area contributed by atoms with Crippen molar-refractivity contribution in [2.45, 2.75) is 4.90 Å². The van der Waals surface area contributed by atoms with Crippen LogP contribution in [-0.2, 0) is 10.0 Å². The zero-order chi connectivity index (χ0) is 18.9. The number of benzene rings is 2. The summed E-state index contributed by atoms with van der Waals surface area (Å²) >= 11 is 5.76. The molecule has 0 aromatic heterocycles. The van der Waals surface area contributed by atoms with E-state index in [9.17, 15) is 22.9 Å². The highest BCUT2D eigenvalue weighted by Crippen LogP contribution is 2.34. The van der Waals surface area contributed by atoms with Crippen molar-refractivity contribution >= 4 is 33.0 Å². The first-order valence-electron chi connectivity index (χ1n) is 7.74. The summed E-state index contributed by atoms with van der Waals surface area (Å²) < 4.78 is 40.1. The third-order valence-electron chi connectivity index (χ3n) is 4.17. The maximum Gasteiger partial charge on any atom is 0.295 e. The molecule has 3 rings (SSSR count). The number of nitro groups is 1. The van der Waals surface area contributed by atoms with Crippen LogP contribution < -0.4 is 4.90 Å². The highest BCUT2D eigenvalue weighted by Gasteiger charge is 2.31. The molecule has 26 heavy (non-hydrogen) atoms. The number of nitro benzene ring substituents is 1. The molecule has 0 amide bonds. The van der Waals surface area contributed by atoms with Gasteiger partial charge in [-0.15, -0.1) is 0 Å². The van der Waals surface area contributed by atoms with Crippen LogP contribution in [0.4, 0.5) is 15.8 Å². The van der Waals surface area contributed by atoms with Gasteiger partial charge < -0.3 is 4.90 Å². The first-order valence-corrected chi connectivity index (χ1v) is 9.56. The van der Waals surface area contributed by atoms with Crippen LogP contribution in [0.25, 0.3) is 0 Å². The summed E-state index contributed by atoms with van der Waals surface area (Å²) in [7, 11) is -3.62. The van der Waals surface area contributed by atoms with E-state index in [1.165, 1.54) is 22.5 Å². The van der Waals surface area contributed by atoms with Gasteiger partial charge in [-0.3, -0.25) is 10.1 Å². The van der Waals surface area contributed by atoms with Crippen molar-refractivity contribution in [3.8, 4) is 0 Å². The number of hydrogen-bond acceptors (Lipinski definition) is 5. The van der Waals surface area contributed by atoms with Gasteiger partial charge in [0.25, 0.3) is 5.69 Å². The van der Waals surface area contributed by atoms with E-state index in [1.54, 1.807) is 23.1 Å². The van der Waals surface area contributed by atoms with Gasteiger partial charge in [0.05, 0.1) is 20.9 Å². The molecule has 1 fully saturated rings. The second kappa shape index (κ2) is 7.18. The van der Waals surface area contributed by atoms with Crippen LogP contribution in [-0.4, -0.2) is 43.8 Å². The van der Waals surface area contributed by atoms with Gasteiger partial charge in [-0.25, -0.2) is 12.8 Å². The molecule has 0 spiro atoms. The molecule has 1 saturated heterocycles. The summed E-state index contributed by atoms with van der Waals surface area (Å²) in [5.74, 6) is -0.868. The summed E-state index contributed by atoms with van der Waals surface area (Å²) in [5.41, 5.74) is -0.218. The summed E-state index contributed by atoms with van der Waals surface area (Å²) in [4.78, 5) is 12.4. The number of hydrogen-bond donors (Lipinski definition) is 0. The summed E-state index contributed by atoms with van der Waals surface area (Å²) in [6.07, 6.45) is 0. The van der Waals surface area contributed by atoms with Crippen molar-refractivity contribution in [3.63, 3.8) is 0 Å². The Morgan fingerprint density at radius 2 is 1.69 bits per heavy atom. The fourth-order valence-corrected chi connectivity index (χ4v) is 4.44. The minimum atomic E-state index is -3.62. The lowest BCUT2D eigenvalue weighted by Crippen LogP contribution is -2.48. The molecule has 0 bridgehead atoms. The molecule has 0 N–H and O–H groups in total. The maximum absolute atomic E-state index is 13.6. The van der Waals surface area contributed by atoms with E-state index in [4.69, 9.17) is 11.6 Å². The van der Waals surface area contributed by atoms with Crippen molar-refractivity contribution in [2.24, 2.45) is 0 Å². The number of nitrogens with zero attached hydrogens (tertiary/aromatic N) is 3. The number of rotatable bonds is 4. The van der Waals surface area contributed by atoms with Gasteiger partial charge >= 0.3 is 0 Å². The molecule has 10 heteroatoms. The van der Waals surface area contributed by atoms with Crippen LogP contribution in [0.2, 0.25) is 5.02 Å². The van der Waals surface area contributed by atoms with Gasteiger partial charge in [0.15, 0.2) is 0 Å². The molecule has 0 saturated carbocycles. The van der Waals surface area contributed by atoms with Gasteiger partial charge in [0.1, 0.15) is 11.5 Å². The van der Waals surface area contributed by atoms with Gasteiger partial charge in [-0.05, 0) is 18.2 Å². The average Bonchev–Trinajstić information content (AvgIpc) is 2.64. The minimum Gasteiger partial charge on any atom is -0.363 e. The summed E-state index contributed by atoms with van der Waals surface area (Å²) in [6, 6.07) is 10.0. The third kappa shape index (κ3) is 3.50. The Morgan fingerprint density at radius 1 is 1.08 bits per heavy atom. The van der Waals surface area contributed by atoms with Crippen molar-refractivity contribution in [3.05, 3.63) is 63.4 Å². The van der Waals surface area contributed by atoms with Crippen LogP contribution in [0.3, 0.4) is 0 Å². The minimum absolute atomic E-state index is 0.156. The SMILES string of the molecule is O=[N+]([O-])c1cc(F)c(Cl)cc1N1CCN(S(=O)(=O)c2ccccc2)CC1. The molecule has 0 aliphatic carbocycles. The van der Waals surface area contributed by atoms with Crippen molar-refractivity contribution in [2.75, 3.05) is 31.1 Å². The number of halogens is 2. The van der Waals surface area contributed by atoms with E-state index in [0.29, 0.717) is 0 Å². The molecule has 1 aliphatic heterocycles. The Morgan fingerprint density at radius 3 is 2.27 bits per heavy atom. The second-order valence-electron chi connectivity index (χ2n) is 5.72. The van der Waals surface area contributed by atoms with Crippen LogP contribution in [0, 0.1) is 15.9 Å². The number of sulfonamides is 1. The quantitative estimate of drug-likeness (QED) is 0.583. The third-order valence-corrected chi connectivity index (χ3v) is 6.38. The van der Waals surface area contributed by atoms with E-state index >= 15 is 0 Å². The van der Waals surface area contributed by atoms with Crippen LogP contribution in [0.1, 0.15) is 0 Å². The van der Waals surface area contributed by atoms with Gasteiger partial charge in [0, 0.05) is 26.2 Å². The summed E-state index contributed by atoms with van der Waals surface area (Å²) in [5, 5.41) is 11.0. The molecule has 2 aromatic carbocycles. The Kier molecular flexibility index (Phi) is 5.12. The molecular weight excluding hydrogens is 385 g/mol. The average molecular weight is 400 g/mol. The normalized spacial score (nSPS) is 15.8. The largest absolute Gasteiger partial charge is 0.363 e. The lowest BCUT2D eigenvalue weighted by atomic mass is 10.2. The Balaban J connectivity index is 1.81. The lowest BCUT2D eigenvalue weighted by Gasteiger charge is -2.35. The van der Waals surface area contributed by atoms with Gasteiger partial charge in [-0.2, -0.15) is 4.31 Å². The second-order valence-corrected chi connectivity index (χ2v) is 8.06. The number of anilines is 1. The van der Waals surface area contributed by atoms with E-state index in [0.717, 1.165) is 6.07 Å². The Hall–Kier alpha value is -2.23. The molecule has 7 nitrogen and oxygen atoms in total. The highest BCUT2D eigenvalue weighted by molar-refractivity contribution is 7.89. The van der Waals surface area contributed by atoms with Crippen molar-refractivity contribution in [1.29, 1.82) is 0 Å². The van der Waals surface area contributed by atoms with Crippen LogP contribution in [0.15, 0.2) is 47.4 Å². The molecule has 0 radical (unpaired) electrons. The zero-order valence-electron chi connectivity index (χ0n) is 13.5. The standard InChI is InChI=1S/C16H15ClFN3O4S/c17-13-10-15(16(21(22)23)11-14(13)18)19-6-8-20(9-7-19)26(24,25)12-4-2-1-3-5-12/h1-5,10-11H,6-9H2. The molecule has 0 unspecified atom stereocenters. The Bertz CT molecular complexity index is 932. The predicted octanol–water partition coefficient (Wildman–Crippen LogP) is 2.90. The van der Waals surface area contributed by atoms with Crippen LogP contribution >= 0.6 is 11.6 Å². The molecule has 2 aromatic rings. The first kappa shape index (κ1) is 18.6. The highest BCUT2D eigenvalue weighted by atomic mass is 35.5. The molecule has 1 heterocycles. The van der Waals surface area contributed by atoms with Gasteiger partial charge in [0.2, 0.25) is 10.0 Å².